The molecule has 1 rings (SSSR count). The molecule has 0 saturated carbocycles. The van der Waals surface area contributed by atoms with Gasteiger partial charge in [0.2, 0.25) is 0 Å². The largest absolute Gasteiger partial charge is 0.398 e. The molecular formula is C9H13N3O3S. The average Bonchev–Trinajstić information content (AvgIpc) is 2.21. The molecule has 4 N–H and O–H groups in total. The number of hydrogen-bond acceptors (Lipinski definition) is 4. The molecule has 0 spiro atoms. The first-order valence-corrected chi connectivity index (χ1v) is 5.96. The van der Waals surface area contributed by atoms with Crippen LogP contribution in [0.15, 0.2) is 23.1 Å². The molecule has 0 fully saturated rings. The molecule has 16 heavy (non-hydrogen) atoms. The zero-order chi connectivity index (χ0) is 12.3. The van der Waals surface area contributed by atoms with Crippen LogP contribution in [-0.4, -0.2) is 21.5 Å². The molecule has 0 aliphatic carbocycles. The molecule has 88 valence electrons. The van der Waals surface area contributed by atoms with E-state index in [0.717, 1.165) is 0 Å². The first kappa shape index (κ1) is 12.3. The Morgan fingerprint density at radius 3 is 2.56 bits per heavy atom. The summed E-state index contributed by atoms with van der Waals surface area (Å²) in [5, 5.41) is 2.16. The SMILES string of the molecule is CNC(=O)NS(=O)(=O)c1cccc(N)c1C. The summed E-state index contributed by atoms with van der Waals surface area (Å²) in [7, 11) is -2.54. The summed E-state index contributed by atoms with van der Waals surface area (Å²) in [6.07, 6.45) is 0. The van der Waals surface area contributed by atoms with Crippen LogP contribution in [0.3, 0.4) is 0 Å². The van der Waals surface area contributed by atoms with Crippen LogP contribution in [0.25, 0.3) is 0 Å². The maximum absolute atomic E-state index is 11.7. The zero-order valence-corrected chi connectivity index (χ0v) is 9.76. The Morgan fingerprint density at radius 1 is 1.38 bits per heavy atom. The van der Waals surface area contributed by atoms with Gasteiger partial charge in [-0.25, -0.2) is 17.9 Å². The molecule has 1 aromatic rings. The van der Waals surface area contributed by atoms with E-state index in [1.54, 1.807) is 13.0 Å². The van der Waals surface area contributed by atoms with Gasteiger partial charge in [0.05, 0.1) is 4.90 Å². The number of sulfonamides is 1. The quantitative estimate of drug-likeness (QED) is 0.645. The molecule has 2 amide bonds. The van der Waals surface area contributed by atoms with Crippen LogP contribution in [0.4, 0.5) is 10.5 Å². The van der Waals surface area contributed by atoms with Gasteiger partial charge in [0.1, 0.15) is 0 Å². The van der Waals surface area contributed by atoms with Gasteiger partial charge in [0.25, 0.3) is 10.0 Å². The number of amides is 2. The van der Waals surface area contributed by atoms with E-state index < -0.39 is 16.1 Å². The van der Waals surface area contributed by atoms with E-state index in [-0.39, 0.29) is 4.90 Å². The lowest BCUT2D eigenvalue weighted by Gasteiger charge is -2.10. The van der Waals surface area contributed by atoms with Crippen molar-refractivity contribution < 1.29 is 13.2 Å². The maximum Gasteiger partial charge on any atom is 0.328 e. The first-order chi connectivity index (χ1) is 7.38. The minimum Gasteiger partial charge on any atom is -0.398 e. The van der Waals surface area contributed by atoms with Crippen LogP contribution in [0.1, 0.15) is 5.56 Å². The number of carbonyl (C=O) groups is 1. The molecule has 6 nitrogen and oxygen atoms in total. The van der Waals surface area contributed by atoms with Gasteiger partial charge in [-0.1, -0.05) is 6.07 Å². The number of hydrogen-bond donors (Lipinski definition) is 3. The smallest absolute Gasteiger partial charge is 0.328 e. The molecule has 7 heteroatoms. The fourth-order valence-corrected chi connectivity index (χ4v) is 2.39. The molecule has 0 aromatic heterocycles. The molecule has 1 aromatic carbocycles. The highest BCUT2D eigenvalue weighted by Crippen LogP contribution is 2.19. The highest BCUT2D eigenvalue weighted by atomic mass is 32.2. The van der Waals surface area contributed by atoms with E-state index in [1.807, 2.05) is 4.72 Å². The summed E-state index contributed by atoms with van der Waals surface area (Å²) in [4.78, 5) is 11.0. The third kappa shape index (κ3) is 2.43. The summed E-state index contributed by atoms with van der Waals surface area (Å²) in [5.41, 5.74) is 6.36. The van der Waals surface area contributed by atoms with Crippen molar-refractivity contribution in [2.45, 2.75) is 11.8 Å². The second-order valence-electron chi connectivity index (χ2n) is 3.15. The number of anilines is 1. The summed E-state index contributed by atoms with van der Waals surface area (Å²) in [6, 6.07) is 3.70. The maximum atomic E-state index is 11.7. The number of nitrogens with two attached hydrogens (primary N) is 1. The van der Waals surface area contributed by atoms with Gasteiger partial charge in [0.15, 0.2) is 0 Å². The van der Waals surface area contributed by atoms with Crippen LogP contribution in [0.2, 0.25) is 0 Å². The van der Waals surface area contributed by atoms with Crippen molar-refractivity contribution in [3.8, 4) is 0 Å². The summed E-state index contributed by atoms with van der Waals surface area (Å²) >= 11 is 0. The molecule has 0 atom stereocenters. The fourth-order valence-electron chi connectivity index (χ4n) is 1.15. The van der Waals surface area contributed by atoms with E-state index >= 15 is 0 Å². The van der Waals surface area contributed by atoms with Gasteiger partial charge < -0.3 is 11.1 Å². The van der Waals surface area contributed by atoms with Crippen molar-refractivity contribution in [2.24, 2.45) is 0 Å². The topological polar surface area (TPSA) is 101 Å². The van der Waals surface area contributed by atoms with Gasteiger partial charge in [-0.3, -0.25) is 0 Å². The number of urea groups is 1. The van der Waals surface area contributed by atoms with Crippen molar-refractivity contribution in [2.75, 3.05) is 12.8 Å². The molecule has 0 bridgehead atoms. The predicted molar refractivity (Wildman–Crippen MR) is 60.4 cm³/mol. The predicted octanol–water partition coefficient (Wildman–Crippen LogP) is 0.195. The third-order valence-corrected chi connectivity index (χ3v) is 3.55. The Balaban J connectivity index is 3.18. The van der Waals surface area contributed by atoms with Gasteiger partial charge in [-0.05, 0) is 24.6 Å². The van der Waals surface area contributed by atoms with Crippen molar-refractivity contribution in [3.05, 3.63) is 23.8 Å². The van der Waals surface area contributed by atoms with Crippen LogP contribution >= 0.6 is 0 Å². The minimum absolute atomic E-state index is 0.00361. The van der Waals surface area contributed by atoms with Gasteiger partial charge >= 0.3 is 6.03 Å². The monoisotopic (exact) mass is 243 g/mol. The standard InChI is InChI=1S/C9H13N3O3S/c1-6-7(10)4-3-5-8(6)16(14,15)12-9(13)11-2/h3-5H,10H2,1-2H3,(H2,11,12,13). The highest BCUT2D eigenvalue weighted by Gasteiger charge is 2.19. The van der Waals surface area contributed by atoms with Crippen molar-refractivity contribution in [3.63, 3.8) is 0 Å². The molecule has 0 radical (unpaired) electrons. The Hall–Kier alpha value is -1.76. The number of carbonyl (C=O) groups excluding carboxylic acids is 1. The van der Waals surface area contributed by atoms with Gasteiger partial charge in [0, 0.05) is 12.7 Å². The summed E-state index contributed by atoms with van der Waals surface area (Å²) in [6.45, 7) is 1.58. The number of nitrogen functional groups attached to an aromatic ring is 1. The minimum atomic E-state index is -3.87. The Kier molecular flexibility index (Phi) is 3.38. The Labute approximate surface area is 93.9 Å². The first-order valence-electron chi connectivity index (χ1n) is 4.48. The Bertz CT molecular complexity index is 511. The third-order valence-electron chi connectivity index (χ3n) is 2.07. The van der Waals surface area contributed by atoms with Crippen LogP contribution in [-0.2, 0) is 10.0 Å². The van der Waals surface area contributed by atoms with E-state index in [2.05, 4.69) is 5.32 Å². The lowest BCUT2D eigenvalue weighted by Crippen LogP contribution is -2.37. The number of nitrogens with one attached hydrogen (secondary N) is 2. The Morgan fingerprint density at radius 2 is 2.00 bits per heavy atom. The fraction of sp³-hybridized carbons (Fsp3) is 0.222. The van der Waals surface area contributed by atoms with E-state index in [0.29, 0.717) is 11.3 Å². The van der Waals surface area contributed by atoms with E-state index in [1.165, 1.54) is 19.2 Å². The van der Waals surface area contributed by atoms with Crippen LogP contribution in [0.5, 0.6) is 0 Å². The molecular weight excluding hydrogens is 230 g/mol. The van der Waals surface area contributed by atoms with Gasteiger partial charge in [-0.2, -0.15) is 0 Å². The van der Waals surface area contributed by atoms with E-state index in [4.69, 9.17) is 5.73 Å². The lowest BCUT2D eigenvalue weighted by molar-refractivity contribution is 0.248. The zero-order valence-electron chi connectivity index (χ0n) is 8.94. The van der Waals surface area contributed by atoms with Crippen LogP contribution in [0, 0.1) is 6.92 Å². The van der Waals surface area contributed by atoms with Gasteiger partial charge in [-0.15, -0.1) is 0 Å². The highest BCUT2D eigenvalue weighted by molar-refractivity contribution is 7.90. The van der Waals surface area contributed by atoms with Crippen LogP contribution < -0.4 is 15.8 Å². The second-order valence-corrected chi connectivity index (χ2v) is 4.81. The van der Waals surface area contributed by atoms with E-state index in [9.17, 15) is 13.2 Å². The molecule has 0 unspecified atom stereocenters. The molecule has 0 saturated heterocycles. The van der Waals surface area contributed by atoms with Crippen molar-refractivity contribution in [1.82, 2.24) is 10.0 Å². The second kappa shape index (κ2) is 4.40. The number of rotatable bonds is 2. The molecule has 0 aliphatic rings. The summed E-state index contributed by atoms with van der Waals surface area (Å²) in [5.74, 6) is 0. The normalized spacial score (nSPS) is 10.9. The molecule has 0 aliphatic heterocycles. The van der Waals surface area contributed by atoms with Crippen molar-refractivity contribution >= 4 is 21.7 Å². The van der Waals surface area contributed by atoms with Crippen molar-refractivity contribution in [1.29, 1.82) is 0 Å². The lowest BCUT2D eigenvalue weighted by atomic mass is 10.2. The molecule has 0 heterocycles. The number of benzene rings is 1. The average molecular weight is 243 g/mol. The summed E-state index contributed by atoms with van der Waals surface area (Å²) < 4.78 is 25.4.